The molecule has 0 radical (unpaired) electrons. The Morgan fingerprint density at radius 3 is 2.11 bits per heavy atom. The van der Waals surface area contributed by atoms with Crippen LogP contribution in [0.25, 0.3) is 0 Å². The summed E-state index contributed by atoms with van der Waals surface area (Å²) in [6, 6.07) is 3.37. The van der Waals surface area contributed by atoms with Crippen LogP contribution in [0.1, 0.15) is 37.8 Å². The fourth-order valence-electron chi connectivity index (χ4n) is 1.92. The standard InChI is InChI=1S/C14H21FO3/c1-9(8-16)10-6-12(17-4)13(18-5)7-11(10)14(2,3)15/h6-7,9,16H,8H2,1-5H3. The third kappa shape index (κ3) is 2.93. The molecule has 0 saturated carbocycles. The molecule has 0 aliphatic carbocycles. The van der Waals surface area contributed by atoms with Crippen LogP contribution >= 0.6 is 0 Å². The largest absolute Gasteiger partial charge is 0.493 e. The summed E-state index contributed by atoms with van der Waals surface area (Å²) in [6.07, 6.45) is 0. The highest BCUT2D eigenvalue weighted by Crippen LogP contribution is 2.39. The highest BCUT2D eigenvalue weighted by molar-refractivity contribution is 5.50. The molecular formula is C14H21FO3. The maximum Gasteiger partial charge on any atom is 0.161 e. The predicted octanol–water partition coefficient (Wildman–Crippen LogP) is 3.00. The monoisotopic (exact) mass is 256 g/mol. The third-order valence-electron chi connectivity index (χ3n) is 3.00. The number of benzene rings is 1. The average molecular weight is 256 g/mol. The molecule has 1 N–H and O–H groups in total. The van der Waals surface area contributed by atoms with Crippen molar-refractivity contribution in [1.29, 1.82) is 0 Å². The van der Waals surface area contributed by atoms with E-state index in [4.69, 9.17) is 9.47 Å². The minimum atomic E-state index is -1.50. The molecule has 1 atom stereocenters. The fraction of sp³-hybridized carbons (Fsp3) is 0.571. The minimum absolute atomic E-state index is 0.0431. The van der Waals surface area contributed by atoms with E-state index in [0.29, 0.717) is 17.1 Å². The van der Waals surface area contributed by atoms with Crippen LogP contribution in [-0.4, -0.2) is 25.9 Å². The van der Waals surface area contributed by atoms with Gasteiger partial charge in [-0.05, 0) is 37.1 Å². The van der Waals surface area contributed by atoms with Crippen LogP contribution in [0.2, 0.25) is 0 Å². The summed E-state index contributed by atoms with van der Waals surface area (Å²) in [5.74, 6) is 0.878. The number of aliphatic hydroxyl groups is 1. The van der Waals surface area contributed by atoms with Gasteiger partial charge in [0, 0.05) is 12.5 Å². The van der Waals surface area contributed by atoms with Crippen molar-refractivity contribution in [3.63, 3.8) is 0 Å². The Balaban J connectivity index is 3.46. The van der Waals surface area contributed by atoms with Gasteiger partial charge in [-0.15, -0.1) is 0 Å². The fourth-order valence-corrected chi connectivity index (χ4v) is 1.92. The van der Waals surface area contributed by atoms with E-state index in [1.54, 1.807) is 12.1 Å². The molecule has 0 aliphatic heterocycles. The molecule has 0 amide bonds. The first-order valence-corrected chi connectivity index (χ1v) is 5.91. The number of alkyl halides is 1. The van der Waals surface area contributed by atoms with E-state index in [1.165, 1.54) is 28.1 Å². The van der Waals surface area contributed by atoms with Crippen molar-refractivity contribution in [2.24, 2.45) is 0 Å². The molecule has 102 valence electrons. The molecule has 1 aromatic carbocycles. The molecule has 0 aromatic heterocycles. The molecule has 0 bridgehead atoms. The van der Waals surface area contributed by atoms with Crippen LogP contribution in [0.4, 0.5) is 4.39 Å². The van der Waals surface area contributed by atoms with E-state index in [1.807, 2.05) is 6.92 Å². The smallest absolute Gasteiger partial charge is 0.161 e. The van der Waals surface area contributed by atoms with Gasteiger partial charge in [-0.2, -0.15) is 0 Å². The van der Waals surface area contributed by atoms with Crippen molar-refractivity contribution in [1.82, 2.24) is 0 Å². The number of halogens is 1. The molecule has 3 nitrogen and oxygen atoms in total. The first-order valence-electron chi connectivity index (χ1n) is 5.91. The van der Waals surface area contributed by atoms with Crippen LogP contribution in [0.5, 0.6) is 11.5 Å². The van der Waals surface area contributed by atoms with Gasteiger partial charge in [-0.3, -0.25) is 0 Å². The van der Waals surface area contributed by atoms with E-state index in [2.05, 4.69) is 0 Å². The second-order valence-electron chi connectivity index (χ2n) is 4.85. The van der Waals surface area contributed by atoms with Crippen LogP contribution in [-0.2, 0) is 5.67 Å². The van der Waals surface area contributed by atoms with E-state index in [9.17, 15) is 9.50 Å². The lowest BCUT2D eigenvalue weighted by molar-refractivity contribution is 0.214. The summed E-state index contributed by atoms with van der Waals surface area (Å²) >= 11 is 0. The van der Waals surface area contributed by atoms with Crippen molar-refractivity contribution in [3.8, 4) is 11.5 Å². The number of aliphatic hydroxyl groups excluding tert-OH is 1. The second-order valence-corrected chi connectivity index (χ2v) is 4.85. The molecule has 4 heteroatoms. The molecule has 0 saturated heterocycles. The zero-order chi connectivity index (χ0) is 13.9. The lowest BCUT2D eigenvalue weighted by Gasteiger charge is -2.24. The number of methoxy groups -OCH3 is 2. The maximum absolute atomic E-state index is 14.3. The summed E-state index contributed by atoms with van der Waals surface area (Å²) in [6.45, 7) is 4.78. The Morgan fingerprint density at radius 2 is 1.72 bits per heavy atom. The van der Waals surface area contributed by atoms with Crippen molar-refractivity contribution >= 4 is 0 Å². The summed E-state index contributed by atoms with van der Waals surface area (Å²) in [4.78, 5) is 0. The quantitative estimate of drug-likeness (QED) is 0.880. The molecule has 0 spiro atoms. The Bertz CT molecular complexity index is 410. The van der Waals surface area contributed by atoms with Crippen LogP contribution in [0.3, 0.4) is 0 Å². The zero-order valence-corrected chi connectivity index (χ0v) is 11.6. The Morgan fingerprint density at radius 1 is 1.22 bits per heavy atom. The average Bonchev–Trinajstić information content (AvgIpc) is 2.34. The van der Waals surface area contributed by atoms with Crippen molar-refractivity contribution in [3.05, 3.63) is 23.3 Å². The zero-order valence-electron chi connectivity index (χ0n) is 11.6. The van der Waals surface area contributed by atoms with Crippen LogP contribution < -0.4 is 9.47 Å². The van der Waals surface area contributed by atoms with Gasteiger partial charge in [-0.1, -0.05) is 6.92 Å². The molecule has 0 fully saturated rings. The number of hydrogen-bond acceptors (Lipinski definition) is 3. The van der Waals surface area contributed by atoms with E-state index in [0.717, 1.165) is 5.56 Å². The second kappa shape index (κ2) is 5.57. The van der Waals surface area contributed by atoms with E-state index >= 15 is 0 Å². The highest BCUT2D eigenvalue weighted by Gasteiger charge is 2.27. The van der Waals surface area contributed by atoms with Crippen LogP contribution in [0, 0.1) is 0 Å². The Kier molecular flexibility index (Phi) is 4.57. The molecule has 1 unspecified atom stereocenters. The first kappa shape index (κ1) is 14.8. The van der Waals surface area contributed by atoms with Crippen molar-refractivity contribution in [2.45, 2.75) is 32.4 Å². The summed E-state index contributed by atoms with van der Waals surface area (Å²) in [7, 11) is 3.05. The molecule has 0 heterocycles. The lowest BCUT2D eigenvalue weighted by Crippen LogP contribution is -2.16. The summed E-state index contributed by atoms with van der Waals surface area (Å²) < 4.78 is 24.6. The Hall–Kier alpha value is -1.29. The van der Waals surface area contributed by atoms with Crippen LogP contribution in [0.15, 0.2) is 12.1 Å². The van der Waals surface area contributed by atoms with Gasteiger partial charge in [0.1, 0.15) is 5.67 Å². The lowest BCUT2D eigenvalue weighted by atomic mass is 9.88. The SMILES string of the molecule is COc1cc(C(C)CO)c(C(C)(C)F)cc1OC. The maximum atomic E-state index is 14.3. The highest BCUT2D eigenvalue weighted by atomic mass is 19.1. The number of rotatable bonds is 5. The molecule has 1 rings (SSSR count). The molecule has 18 heavy (non-hydrogen) atoms. The van der Waals surface area contributed by atoms with Gasteiger partial charge in [-0.25, -0.2) is 4.39 Å². The summed E-state index contributed by atoms with van der Waals surface area (Å²) in [5, 5.41) is 9.27. The molecular weight excluding hydrogens is 235 g/mol. The van der Waals surface area contributed by atoms with Gasteiger partial charge < -0.3 is 14.6 Å². The molecule has 0 aliphatic rings. The van der Waals surface area contributed by atoms with E-state index < -0.39 is 5.67 Å². The van der Waals surface area contributed by atoms with Gasteiger partial charge in [0.25, 0.3) is 0 Å². The van der Waals surface area contributed by atoms with Crippen molar-refractivity contribution in [2.75, 3.05) is 20.8 Å². The van der Waals surface area contributed by atoms with E-state index in [-0.39, 0.29) is 12.5 Å². The predicted molar refractivity (Wildman–Crippen MR) is 69.2 cm³/mol. The minimum Gasteiger partial charge on any atom is -0.493 e. The Labute approximate surface area is 108 Å². The van der Waals surface area contributed by atoms with Gasteiger partial charge >= 0.3 is 0 Å². The van der Waals surface area contributed by atoms with Gasteiger partial charge in [0.15, 0.2) is 11.5 Å². The third-order valence-corrected chi connectivity index (χ3v) is 3.00. The number of ether oxygens (including phenoxy) is 2. The first-order chi connectivity index (χ1) is 8.35. The number of hydrogen-bond donors (Lipinski definition) is 1. The van der Waals surface area contributed by atoms with Crippen molar-refractivity contribution < 1.29 is 19.0 Å². The van der Waals surface area contributed by atoms with Gasteiger partial charge in [0.05, 0.1) is 14.2 Å². The molecule has 1 aromatic rings. The normalized spacial score (nSPS) is 13.3. The summed E-state index contributed by atoms with van der Waals surface area (Å²) in [5.41, 5.74) is -0.248. The van der Waals surface area contributed by atoms with Gasteiger partial charge in [0.2, 0.25) is 0 Å². The topological polar surface area (TPSA) is 38.7 Å².